The van der Waals surface area contributed by atoms with E-state index < -0.39 is 0 Å². The first kappa shape index (κ1) is 18.5. The number of hydrogen-bond donors (Lipinski definition) is 2. The lowest BCUT2D eigenvalue weighted by molar-refractivity contribution is -0.128. The molecule has 1 aliphatic heterocycles. The van der Waals surface area contributed by atoms with E-state index in [4.69, 9.17) is 5.73 Å². The van der Waals surface area contributed by atoms with Crippen LogP contribution in [0.15, 0.2) is 24.3 Å². The lowest BCUT2D eigenvalue weighted by Crippen LogP contribution is -2.34. The first-order valence-corrected chi connectivity index (χ1v) is 7.40. The molecule has 2 amide bonds. The highest BCUT2D eigenvalue weighted by Crippen LogP contribution is 2.17. The van der Waals surface area contributed by atoms with Gasteiger partial charge >= 0.3 is 0 Å². The molecule has 0 aromatic heterocycles. The molecule has 0 bridgehead atoms. The lowest BCUT2D eigenvalue weighted by Gasteiger charge is -2.17. The number of halogens is 1. The Hall–Kier alpha value is -1.59. The third-order valence-electron chi connectivity index (χ3n) is 3.97. The van der Waals surface area contributed by atoms with Crippen LogP contribution < -0.4 is 11.1 Å². The standard InChI is InChI=1S/C16H23N3O2.ClH/c1-11(12(2)17)16(21)18-14-7-5-13(6-8-14)10-19-9-3-4-15(19)20;/h5-8,11-12H,3-4,9-10,17H2,1-2H3,(H,18,21);1H. The SMILES string of the molecule is CC(N)C(C)C(=O)Nc1ccc(CN2CCCC2=O)cc1.Cl. The first-order chi connectivity index (χ1) is 9.97. The molecule has 6 heteroatoms. The summed E-state index contributed by atoms with van der Waals surface area (Å²) in [6.45, 7) is 5.11. The zero-order valence-corrected chi connectivity index (χ0v) is 13.9. The molecule has 2 atom stereocenters. The summed E-state index contributed by atoms with van der Waals surface area (Å²) >= 11 is 0. The van der Waals surface area contributed by atoms with Crippen molar-refractivity contribution in [3.63, 3.8) is 0 Å². The van der Waals surface area contributed by atoms with Crippen LogP contribution in [0.3, 0.4) is 0 Å². The number of carbonyl (C=O) groups excluding carboxylic acids is 2. The molecule has 1 saturated heterocycles. The average Bonchev–Trinajstić information content (AvgIpc) is 2.85. The maximum atomic E-state index is 11.9. The van der Waals surface area contributed by atoms with Gasteiger partial charge in [-0.15, -0.1) is 12.4 Å². The number of nitrogens with zero attached hydrogens (tertiary/aromatic N) is 1. The van der Waals surface area contributed by atoms with E-state index in [-0.39, 0.29) is 36.2 Å². The lowest BCUT2D eigenvalue weighted by atomic mass is 10.0. The number of hydrogen-bond acceptors (Lipinski definition) is 3. The maximum Gasteiger partial charge on any atom is 0.228 e. The molecule has 1 heterocycles. The molecule has 0 spiro atoms. The summed E-state index contributed by atoms with van der Waals surface area (Å²) in [6.07, 6.45) is 1.60. The number of carbonyl (C=O) groups is 2. The molecule has 3 N–H and O–H groups in total. The van der Waals surface area contributed by atoms with Gasteiger partial charge in [-0.3, -0.25) is 9.59 Å². The second-order valence-electron chi connectivity index (χ2n) is 5.75. The second kappa shape index (κ2) is 8.15. The Bertz CT molecular complexity index is 517. The summed E-state index contributed by atoms with van der Waals surface area (Å²) in [5.41, 5.74) is 7.55. The molecule has 22 heavy (non-hydrogen) atoms. The van der Waals surface area contributed by atoms with Crippen molar-refractivity contribution >= 4 is 29.9 Å². The van der Waals surface area contributed by atoms with Gasteiger partial charge in [0, 0.05) is 31.2 Å². The summed E-state index contributed by atoms with van der Waals surface area (Å²) in [4.78, 5) is 25.4. The maximum absolute atomic E-state index is 11.9. The van der Waals surface area contributed by atoms with Crippen LogP contribution in [-0.2, 0) is 16.1 Å². The fraction of sp³-hybridized carbons (Fsp3) is 0.500. The number of nitrogens with one attached hydrogen (secondary N) is 1. The van der Waals surface area contributed by atoms with Crippen molar-refractivity contribution in [2.24, 2.45) is 11.7 Å². The Kier molecular flexibility index (Phi) is 6.84. The molecular formula is C16H24ClN3O2. The molecule has 0 saturated carbocycles. The van der Waals surface area contributed by atoms with Gasteiger partial charge in [0.05, 0.1) is 5.92 Å². The molecule has 5 nitrogen and oxygen atoms in total. The van der Waals surface area contributed by atoms with E-state index in [1.54, 1.807) is 0 Å². The predicted molar refractivity (Wildman–Crippen MR) is 89.8 cm³/mol. The zero-order valence-electron chi connectivity index (χ0n) is 13.0. The Morgan fingerprint density at radius 3 is 2.45 bits per heavy atom. The summed E-state index contributed by atoms with van der Waals surface area (Å²) in [7, 11) is 0. The van der Waals surface area contributed by atoms with Gasteiger partial charge in [-0.2, -0.15) is 0 Å². The van der Waals surface area contributed by atoms with Crippen LogP contribution in [0.1, 0.15) is 32.3 Å². The van der Waals surface area contributed by atoms with E-state index in [0.29, 0.717) is 13.0 Å². The third-order valence-corrected chi connectivity index (χ3v) is 3.97. The highest BCUT2D eigenvalue weighted by atomic mass is 35.5. The average molecular weight is 326 g/mol. The fourth-order valence-corrected chi connectivity index (χ4v) is 2.28. The van der Waals surface area contributed by atoms with Gasteiger partial charge in [0.1, 0.15) is 0 Å². The monoisotopic (exact) mass is 325 g/mol. The molecule has 0 aliphatic carbocycles. The predicted octanol–water partition coefficient (Wildman–Crippen LogP) is 2.15. The van der Waals surface area contributed by atoms with Crippen molar-refractivity contribution < 1.29 is 9.59 Å². The van der Waals surface area contributed by atoms with Crippen LogP contribution in [0.5, 0.6) is 0 Å². The second-order valence-corrected chi connectivity index (χ2v) is 5.75. The molecule has 1 aliphatic rings. The van der Waals surface area contributed by atoms with Gasteiger partial charge in [0.15, 0.2) is 0 Å². The summed E-state index contributed by atoms with van der Waals surface area (Å²) in [5, 5.41) is 2.85. The smallest absolute Gasteiger partial charge is 0.228 e. The highest BCUT2D eigenvalue weighted by molar-refractivity contribution is 5.92. The number of anilines is 1. The van der Waals surface area contributed by atoms with Gasteiger partial charge in [0.25, 0.3) is 0 Å². The molecule has 2 rings (SSSR count). The van der Waals surface area contributed by atoms with Crippen LogP contribution in [0.25, 0.3) is 0 Å². The number of likely N-dealkylation sites (tertiary alicyclic amines) is 1. The number of nitrogens with two attached hydrogens (primary N) is 1. The molecule has 2 unspecified atom stereocenters. The van der Waals surface area contributed by atoms with Gasteiger partial charge in [-0.05, 0) is 31.0 Å². The van der Waals surface area contributed by atoms with Crippen LogP contribution >= 0.6 is 12.4 Å². The largest absolute Gasteiger partial charge is 0.338 e. The van der Waals surface area contributed by atoms with E-state index >= 15 is 0 Å². The van der Waals surface area contributed by atoms with Crippen molar-refractivity contribution in [3.05, 3.63) is 29.8 Å². The first-order valence-electron chi connectivity index (χ1n) is 7.40. The van der Waals surface area contributed by atoms with Crippen molar-refractivity contribution in [1.29, 1.82) is 0 Å². The van der Waals surface area contributed by atoms with Crippen molar-refractivity contribution in [2.45, 2.75) is 39.3 Å². The molecule has 1 aromatic rings. The molecule has 1 fully saturated rings. The van der Waals surface area contributed by atoms with E-state index in [9.17, 15) is 9.59 Å². The Labute approximate surface area is 137 Å². The summed E-state index contributed by atoms with van der Waals surface area (Å²) in [6, 6.07) is 7.43. The van der Waals surface area contributed by atoms with E-state index in [2.05, 4.69) is 5.32 Å². The molecule has 0 radical (unpaired) electrons. The number of rotatable bonds is 5. The third kappa shape index (κ3) is 4.71. The van der Waals surface area contributed by atoms with Crippen LogP contribution in [-0.4, -0.2) is 29.3 Å². The minimum atomic E-state index is -0.230. The Balaban J connectivity index is 0.00000242. The number of amides is 2. The van der Waals surface area contributed by atoms with Crippen molar-refractivity contribution in [1.82, 2.24) is 4.90 Å². The quantitative estimate of drug-likeness (QED) is 0.871. The van der Waals surface area contributed by atoms with Crippen LogP contribution in [0.2, 0.25) is 0 Å². The van der Waals surface area contributed by atoms with Crippen molar-refractivity contribution in [2.75, 3.05) is 11.9 Å². The van der Waals surface area contributed by atoms with Crippen molar-refractivity contribution in [3.8, 4) is 0 Å². The Morgan fingerprint density at radius 2 is 1.95 bits per heavy atom. The fourth-order valence-electron chi connectivity index (χ4n) is 2.28. The van der Waals surface area contributed by atoms with Gasteiger partial charge in [-0.25, -0.2) is 0 Å². The minimum absolute atomic E-state index is 0. The van der Waals surface area contributed by atoms with E-state index in [0.717, 1.165) is 24.2 Å². The highest BCUT2D eigenvalue weighted by Gasteiger charge is 2.20. The summed E-state index contributed by atoms with van der Waals surface area (Å²) < 4.78 is 0. The number of benzene rings is 1. The molecule has 1 aromatic carbocycles. The molecule has 122 valence electrons. The minimum Gasteiger partial charge on any atom is -0.338 e. The van der Waals surface area contributed by atoms with Crippen LogP contribution in [0.4, 0.5) is 5.69 Å². The molecular weight excluding hydrogens is 302 g/mol. The topological polar surface area (TPSA) is 75.4 Å². The zero-order chi connectivity index (χ0) is 15.4. The van der Waals surface area contributed by atoms with Gasteiger partial charge in [0.2, 0.25) is 11.8 Å². The van der Waals surface area contributed by atoms with E-state index in [1.807, 2.05) is 43.0 Å². The summed E-state index contributed by atoms with van der Waals surface area (Å²) in [5.74, 6) is -0.0856. The van der Waals surface area contributed by atoms with E-state index in [1.165, 1.54) is 0 Å². The van der Waals surface area contributed by atoms with Crippen LogP contribution in [0, 0.1) is 5.92 Å². The normalized spacial score (nSPS) is 16.9. The van der Waals surface area contributed by atoms with Gasteiger partial charge in [-0.1, -0.05) is 19.1 Å². The van der Waals surface area contributed by atoms with Gasteiger partial charge < -0.3 is 16.0 Å². The Morgan fingerprint density at radius 1 is 1.32 bits per heavy atom.